The van der Waals surface area contributed by atoms with Crippen LogP contribution in [0.4, 0.5) is 5.69 Å². The summed E-state index contributed by atoms with van der Waals surface area (Å²) in [4.78, 5) is 23.8. The van der Waals surface area contributed by atoms with E-state index in [1.165, 1.54) is 0 Å². The number of hydrogen-bond donors (Lipinski definition) is 2. The van der Waals surface area contributed by atoms with E-state index in [1.54, 1.807) is 12.1 Å². The van der Waals surface area contributed by atoms with Gasteiger partial charge in [-0.2, -0.15) is 0 Å². The number of rotatable bonds is 4. The number of carbonyl (C=O) groups is 2. The van der Waals surface area contributed by atoms with Crippen LogP contribution in [-0.4, -0.2) is 17.0 Å². The van der Waals surface area contributed by atoms with Crippen molar-refractivity contribution in [3.05, 3.63) is 28.8 Å². The van der Waals surface area contributed by atoms with Gasteiger partial charge in [-0.1, -0.05) is 36.9 Å². The van der Waals surface area contributed by atoms with Crippen LogP contribution in [0.5, 0.6) is 0 Å². The topological polar surface area (TPSA) is 66.4 Å². The molecule has 0 radical (unpaired) electrons. The molecule has 0 saturated heterocycles. The van der Waals surface area contributed by atoms with Gasteiger partial charge in [-0.15, -0.1) is 0 Å². The van der Waals surface area contributed by atoms with E-state index >= 15 is 0 Å². The van der Waals surface area contributed by atoms with Gasteiger partial charge in [0.25, 0.3) is 0 Å². The Balaban J connectivity index is 2.09. The molecule has 5 heteroatoms. The third kappa shape index (κ3) is 3.76. The summed E-state index contributed by atoms with van der Waals surface area (Å²) in [6, 6.07) is 5.26. The number of carbonyl (C=O) groups excluding carboxylic acids is 1. The molecule has 1 aromatic carbocycles. The summed E-state index contributed by atoms with van der Waals surface area (Å²) in [7, 11) is 0. The fourth-order valence-electron chi connectivity index (χ4n) is 2.93. The average molecular weight is 310 g/mol. The minimum absolute atomic E-state index is 0.0221. The second kappa shape index (κ2) is 6.48. The largest absolute Gasteiger partial charge is 0.481 e. The van der Waals surface area contributed by atoms with Gasteiger partial charge in [0.05, 0.1) is 5.41 Å². The lowest BCUT2D eigenvalue weighted by Crippen LogP contribution is -2.37. The molecule has 0 heterocycles. The number of anilines is 1. The molecule has 1 aliphatic rings. The zero-order chi connectivity index (χ0) is 15.5. The highest BCUT2D eigenvalue weighted by Crippen LogP contribution is 2.40. The van der Waals surface area contributed by atoms with Crippen LogP contribution >= 0.6 is 11.6 Å². The van der Waals surface area contributed by atoms with Crippen molar-refractivity contribution in [3.63, 3.8) is 0 Å². The van der Waals surface area contributed by atoms with Crippen LogP contribution in [0.3, 0.4) is 0 Å². The second-order valence-electron chi connectivity index (χ2n) is 5.83. The SMILES string of the molecule is Cc1ccc(Cl)cc1NC(=O)CC1(C(=O)O)CCCCC1. The first kappa shape index (κ1) is 15.8. The van der Waals surface area contributed by atoms with Crippen LogP contribution < -0.4 is 5.32 Å². The van der Waals surface area contributed by atoms with Gasteiger partial charge in [0.15, 0.2) is 0 Å². The van der Waals surface area contributed by atoms with Gasteiger partial charge in [-0.25, -0.2) is 0 Å². The quantitative estimate of drug-likeness (QED) is 0.883. The third-order valence-electron chi connectivity index (χ3n) is 4.24. The molecule has 1 amide bonds. The first-order valence-corrected chi connectivity index (χ1v) is 7.60. The zero-order valence-electron chi connectivity index (χ0n) is 12.1. The molecule has 2 rings (SSSR count). The van der Waals surface area contributed by atoms with Crippen LogP contribution in [0.15, 0.2) is 18.2 Å². The Morgan fingerprint density at radius 3 is 2.57 bits per heavy atom. The van der Waals surface area contributed by atoms with Crippen LogP contribution in [0.2, 0.25) is 5.02 Å². The highest BCUT2D eigenvalue weighted by molar-refractivity contribution is 6.31. The summed E-state index contributed by atoms with van der Waals surface area (Å²) in [5.41, 5.74) is 0.638. The van der Waals surface area contributed by atoms with Crippen LogP contribution in [0.25, 0.3) is 0 Å². The number of nitrogens with one attached hydrogen (secondary N) is 1. The van der Waals surface area contributed by atoms with Crippen LogP contribution in [0.1, 0.15) is 44.1 Å². The minimum atomic E-state index is -0.908. The highest BCUT2D eigenvalue weighted by atomic mass is 35.5. The molecule has 1 saturated carbocycles. The van der Waals surface area contributed by atoms with Crippen molar-refractivity contribution in [2.75, 3.05) is 5.32 Å². The fraction of sp³-hybridized carbons (Fsp3) is 0.500. The Kier molecular flexibility index (Phi) is 4.88. The van der Waals surface area contributed by atoms with Gasteiger partial charge >= 0.3 is 5.97 Å². The van der Waals surface area contributed by atoms with E-state index in [2.05, 4.69) is 5.32 Å². The summed E-state index contributed by atoms with van der Waals surface area (Å²) in [5, 5.41) is 12.8. The van der Waals surface area contributed by atoms with E-state index in [0.29, 0.717) is 23.6 Å². The van der Waals surface area contributed by atoms with E-state index in [0.717, 1.165) is 24.8 Å². The van der Waals surface area contributed by atoms with Crippen molar-refractivity contribution in [3.8, 4) is 0 Å². The molecule has 1 fully saturated rings. The lowest BCUT2D eigenvalue weighted by Gasteiger charge is -2.32. The Bertz CT molecular complexity index is 550. The van der Waals surface area contributed by atoms with Gasteiger partial charge in [0.2, 0.25) is 5.91 Å². The van der Waals surface area contributed by atoms with Crippen LogP contribution in [-0.2, 0) is 9.59 Å². The molecule has 1 aliphatic carbocycles. The predicted octanol–water partition coefficient (Wildman–Crippen LogP) is 4.01. The number of amides is 1. The maximum atomic E-state index is 12.2. The van der Waals surface area contributed by atoms with Crippen molar-refractivity contribution in [1.82, 2.24) is 0 Å². The molecule has 0 aliphatic heterocycles. The summed E-state index contributed by atoms with van der Waals surface area (Å²) in [6.45, 7) is 1.87. The maximum absolute atomic E-state index is 12.2. The van der Waals surface area contributed by atoms with E-state index in [1.807, 2.05) is 13.0 Å². The Labute approximate surface area is 129 Å². The molecule has 114 valence electrons. The van der Waals surface area contributed by atoms with Crippen molar-refractivity contribution < 1.29 is 14.7 Å². The number of carboxylic acids is 1. The van der Waals surface area contributed by atoms with Gasteiger partial charge in [0.1, 0.15) is 0 Å². The smallest absolute Gasteiger partial charge is 0.310 e. The maximum Gasteiger partial charge on any atom is 0.310 e. The highest BCUT2D eigenvalue weighted by Gasteiger charge is 2.41. The first-order valence-electron chi connectivity index (χ1n) is 7.22. The summed E-state index contributed by atoms with van der Waals surface area (Å²) in [5.74, 6) is -1.12. The number of benzene rings is 1. The molecule has 21 heavy (non-hydrogen) atoms. The predicted molar refractivity (Wildman–Crippen MR) is 82.6 cm³/mol. The summed E-state index contributed by atoms with van der Waals surface area (Å²) >= 11 is 5.92. The summed E-state index contributed by atoms with van der Waals surface area (Å²) in [6.07, 6.45) is 3.96. The number of aliphatic carboxylic acids is 1. The molecular formula is C16H20ClNO3. The standard InChI is InChI=1S/C16H20ClNO3/c1-11-5-6-12(17)9-13(11)18-14(19)10-16(15(20)21)7-3-2-4-8-16/h5-6,9H,2-4,7-8,10H2,1H3,(H,18,19)(H,20,21). The van der Waals surface area contributed by atoms with Crippen molar-refractivity contribution >= 4 is 29.2 Å². The van der Waals surface area contributed by atoms with E-state index < -0.39 is 11.4 Å². The van der Waals surface area contributed by atoms with Crippen LogP contribution in [0, 0.1) is 12.3 Å². The zero-order valence-corrected chi connectivity index (χ0v) is 12.9. The van der Waals surface area contributed by atoms with Gasteiger partial charge in [-0.3, -0.25) is 9.59 Å². The molecular weight excluding hydrogens is 290 g/mol. The lowest BCUT2D eigenvalue weighted by atomic mass is 9.71. The van der Waals surface area contributed by atoms with Crippen molar-refractivity contribution in [2.45, 2.75) is 45.4 Å². The fourth-order valence-corrected chi connectivity index (χ4v) is 3.10. The third-order valence-corrected chi connectivity index (χ3v) is 4.47. The van der Waals surface area contributed by atoms with Crippen molar-refractivity contribution in [2.24, 2.45) is 5.41 Å². The van der Waals surface area contributed by atoms with Gasteiger partial charge in [0, 0.05) is 17.1 Å². The average Bonchev–Trinajstić information content (AvgIpc) is 2.43. The monoisotopic (exact) mass is 309 g/mol. The number of halogens is 1. The Morgan fingerprint density at radius 2 is 1.95 bits per heavy atom. The normalized spacial score (nSPS) is 17.2. The molecule has 2 N–H and O–H groups in total. The second-order valence-corrected chi connectivity index (χ2v) is 6.27. The number of carboxylic acid groups (broad SMARTS) is 1. The number of aryl methyl sites for hydroxylation is 1. The van der Waals surface area contributed by atoms with Gasteiger partial charge < -0.3 is 10.4 Å². The molecule has 0 atom stereocenters. The van der Waals surface area contributed by atoms with E-state index in [-0.39, 0.29) is 12.3 Å². The van der Waals surface area contributed by atoms with Crippen molar-refractivity contribution in [1.29, 1.82) is 0 Å². The molecule has 0 bridgehead atoms. The molecule has 4 nitrogen and oxygen atoms in total. The van der Waals surface area contributed by atoms with E-state index in [9.17, 15) is 14.7 Å². The summed E-state index contributed by atoms with van der Waals surface area (Å²) < 4.78 is 0. The first-order chi connectivity index (χ1) is 9.93. The molecule has 1 aromatic rings. The lowest BCUT2D eigenvalue weighted by molar-refractivity contribution is -0.153. The van der Waals surface area contributed by atoms with Gasteiger partial charge in [-0.05, 0) is 37.5 Å². The molecule has 0 spiro atoms. The Hall–Kier alpha value is -1.55. The minimum Gasteiger partial charge on any atom is -0.481 e. The Morgan fingerprint density at radius 1 is 1.29 bits per heavy atom. The molecule has 0 aromatic heterocycles. The van der Waals surface area contributed by atoms with E-state index in [4.69, 9.17) is 11.6 Å². The number of hydrogen-bond acceptors (Lipinski definition) is 2. The molecule has 0 unspecified atom stereocenters.